The van der Waals surface area contributed by atoms with Crippen LogP contribution in [-0.2, 0) is 0 Å². The van der Waals surface area contributed by atoms with Crippen molar-refractivity contribution < 1.29 is 0 Å². The van der Waals surface area contributed by atoms with E-state index in [4.69, 9.17) is 0 Å². The number of hydrogen-bond acceptors (Lipinski definition) is 2. The Balaban J connectivity index is 2.99. The van der Waals surface area contributed by atoms with E-state index in [9.17, 15) is 0 Å². The van der Waals surface area contributed by atoms with Crippen LogP contribution in [0.2, 0.25) is 19.6 Å². The van der Waals surface area contributed by atoms with Gasteiger partial charge in [-0.05, 0) is 26.0 Å². The lowest BCUT2D eigenvalue weighted by molar-refractivity contribution is 0.300. The van der Waals surface area contributed by atoms with E-state index in [-0.39, 0.29) is 0 Å². The first-order valence-electron chi connectivity index (χ1n) is 6.75. The third-order valence-corrected chi connectivity index (χ3v) is 3.36. The Morgan fingerprint density at radius 1 is 1.11 bits per heavy atom. The van der Waals surface area contributed by atoms with E-state index in [1.54, 1.807) is 0 Å². The van der Waals surface area contributed by atoms with E-state index in [2.05, 4.69) is 55.3 Å². The second-order valence-electron chi connectivity index (χ2n) is 5.35. The molecule has 0 aliphatic carbocycles. The van der Waals surface area contributed by atoms with Crippen LogP contribution in [0.4, 0.5) is 5.69 Å². The summed E-state index contributed by atoms with van der Waals surface area (Å²) in [5, 5.41) is 10.5. The second-order valence-corrected chi connectivity index (χ2v) is 10.1. The summed E-state index contributed by atoms with van der Waals surface area (Å²) in [5.74, 6) is 3.25. The van der Waals surface area contributed by atoms with Crippen molar-refractivity contribution in [3.05, 3.63) is 29.8 Å². The van der Waals surface area contributed by atoms with Gasteiger partial charge in [-0.15, -0.1) is 10.7 Å². The molecule has 1 aromatic rings. The summed E-state index contributed by atoms with van der Waals surface area (Å²) in [6.07, 6.45) is 0. The Morgan fingerprint density at radius 3 is 2.32 bits per heavy atom. The normalized spacial score (nSPS) is 11.2. The van der Waals surface area contributed by atoms with Crippen LogP contribution in [0, 0.1) is 11.5 Å². The standard InChI is InChI=1S/C15H23N3Si/c1-6-18(7-2)17-16-15-11-9-8-10-14(15)12-13-19(3,4)5/h8-11H,6-7H2,1-5H3. The third-order valence-electron chi connectivity index (χ3n) is 2.49. The van der Waals surface area contributed by atoms with Gasteiger partial charge < -0.3 is 0 Å². The molecule has 1 rings (SSSR count). The highest BCUT2D eigenvalue weighted by molar-refractivity contribution is 6.83. The van der Waals surface area contributed by atoms with E-state index >= 15 is 0 Å². The summed E-state index contributed by atoms with van der Waals surface area (Å²) in [4.78, 5) is 0. The van der Waals surface area contributed by atoms with Gasteiger partial charge in [-0.3, -0.25) is 5.01 Å². The van der Waals surface area contributed by atoms with E-state index in [0.717, 1.165) is 24.3 Å². The Hall–Kier alpha value is -1.60. The maximum Gasteiger partial charge on any atom is 0.129 e. The summed E-state index contributed by atoms with van der Waals surface area (Å²) in [7, 11) is -1.37. The molecule has 19 heavy (non-hydrogen) atoms. The highest BCUT2D eigenvalue weighted by atomic mass is 28.3. The first kappa shape index (κ1) is 15.5. The Bertz CT molecular complexity index is 488. The fraction of sp³-hybridized carbons (Fsp3) is 0.467. The molecule has 0 aliphatic heterocycles. The van der Waals surface area contributed by atoms with Gasteiger partial charge in [0.1, 0.15) is 13.8 Å². The highest BCUT2D eigenvalue weighted by Crippen LogP contribution is 2.18. The first-order chi connectivity index (χ1) is 8.96. The molecule has 0 saturated carbocycles. The zero-order valence-corrected chi connectivity index (χ0v) is 13.6. The minimum atomic E-state index is -1.37. The molecule has 0 fully saturated rings. The molecular weight excluding hydrogens is 250 g/mol. The number of nitrogens with zero attached hydrogens (tertiary/aromatic N) is 3. The smallest absolute Gasteiger partial charge is 0.129 e. The topological polar surface area (TPSA) is 28.0 Å². The van der Waals surface area contributed by atoms with Crippen molar-refractivity contribution in [3.63, 3.8) is 0 Å². The van der Waals surface area contributed by atoms with Crippen molar-refractivity contribution in [2.75, 3.05) is 13.1 Å². The average Bonchev–Trinajstić information content (AvgIpc) is 2.38. The van der Waals surface area contributed by atoms with Crippen molar-refractivity contribution in [2.24, 2.45) is 10.3 Å². The summed E-state index contributed by atoms with van der Waals surface area (Å²) >= 11 is 0. The lowest BCUT2D eigenvalue weighted by Crippen LogP contribution is -2.16. The van der Waals surface area contributed by atoms with Gasteiger partial charge in [0, 0.05) is 13.1 Å². The summed E-state index contributed by atoms with van der Waals surface area (Å²) in [6.45, 7) is 12.6. The first-order valence-corrected chi connectivity index (χ1v) is 10.2. The Morgan fingerprint density at radius 2 is 1.74 bits per heavy atom. The molecule has 0 spiro atoms. The van der Waals surface area contributed by atoms with Crippen molar-refractivity contribution in [1.29, 1.82) is 0 Å². The molecular formula is C15H23N3Si. The van der Waals surface area contributed by atoms with Crippen LogP contribution in [0.1, 0.15) is 19.4 Å². The van der Waals surface area contributed by atoms with Gasteiger partial charge in [-0.25, -0.2) is 0 Å². The van der Waals surface area contributed by atoms with Crippen LogP contribution >= 0.6 is 0 Å². The van der Waals surface area contributed by atoms with Crippen molar-refractivity contribution >= 4 is 13.8 Å². The highest BCUT2D eigenvalue weighted by Gasteiger charge is 2.08. The van der Waals surface area contributed by atoms with Gasteiger partial charge in [0.25, 0.3) is 0 Å². The SMILES string of the molecule is CCN(CC)N=Nc1ccccc1C#C[Si](C)(C)C. The van der Waals surface area contributed by atoms with E-state index in [0.29, 0.717) is 0 Å². The lowest BCUT2D eigenvalue weighted by Gasteiger charge is -2.11. The second kappa shape index (κ2) is 7.10. The molecule has 3 nitrogen and oxygen atoms in total. The molecule has 0 amide bonds. The lowest BCUT2D eigenvalue weighted by atomic mass is 10.2. The molecule has 0 N–H and O–H groups in total. The molecule has 0 aliphatic rings. The zero-order valence-electron chi connectivity index (χ0n) is 12.6. The van der Waals surface area contributed by atoms with Crippen LogP contribution in [0.15, 0.2) is 34.6 Å². The fourth-order valence-electron chi connectivity index (χ4n) is 1.38. The molecule has 0 heterocycles. The molecule has 0 radical (unpaired) electrons. The van der Waals surface area contributed by atoms with Gasteiger partial charge in [0.2, 0.25) is 0 Å². The molecule has 0 saturated heterocycles. The largest absolute Gasteiger partial charge is 0.279 e. The number of rotatable bonds is 4. The quantitative estimate of drug-likeness (QED) is 0.349. The predicted molar refractivity (Wildman–Crippen MR) is 84.1 cm³/mol. The van der Waals surface area contributed by atoms with Crippen LogP contribution in [0.25, 0.3) is 0 Å². The van der Waals surface area contributed by atoms with Gasteiger partial charge in [-0.1, -0.05) is 42.9 Å². The number of benzene rings is 1. The maximum absolute atomic E-state index is 4.31. The van der Waals surface area contributed by atoms with E-state index in [1.807, 2.05) is 29.3 Å². The number of hydrogen-bond donors (Lipinski definition) is 0. The predicted octanol–water partition coefficient (Wildman–Crippen LogP) is 4.26. The zero-order chi connectivity index (χ0) is 14.3. The fourth-order valence-corrected chi connectivity index (χ4v) is 1.89. The maximum atomic E-state index is 4.31. The van der Waals surface area contributed by atoms with Crippen LogP contribution in [0.5, 0.6) is 0 Å². The minimum Gasteiger partial charge on any atom is -0.279 e. The minimum absolute atomic E-state index is 0.847. The van der Waals surface area contributed by atoms with Crippen LogP contribution in [-0.4, -0.2) is 26.2 Å². The molecule has 4 heteroatoms. The summed E-state index contributed by atoms with van der Waals surface area (Å²) < 4.78 is 0. The van der Waals surface area contributed by atoms with Gasteiger partial charge in [0.15, 0.2) is 0 Å². The molecule has 0 unspecified atom stereocenters. The summed E-state index contributed by atoms with van der Waals surface area (Å²) in [5.41, 5.74) is 5.17. The molecule has 0 aromatic heterocycles. The van der Waals surface area contributed by atoms with Gasteiger partial charge in [0.05, 0.1) is 5.56 Å². The van der Waals surface area contributed by atoms with Crippen LogP contribution < -0.4 is 0 Å². The summed E-state index contributed by atoms with van der Waals surface area (Å²) in [6, 6.07) is 7.92. The third kappa shape index (κ3) is 5.71. The molecule has 0 bridgehead atoms. The van der Waals surface area contributed by atoms with Crippen molar-refractivity contribution in [1.82, 2.24) is 5.01 Å². The Kier molecular flexibility index (Phi) is 5.78. The van der Waals surface area contributed by atoms with Crippen molar-refractivity contribution in [3.8, 4) is 11.5 Å². The average molecular weight is 273 g/mol. The Labute approximate surface area is 117 Å². The van der Waals surface area contributed by atoms with E-state index in [1.165, 1.54) is 0 Å². The monoisotopic (exact) mass is 273 g/mol. The van der Waals surface area contributed by atoms with Crippen LogP contribution in [0.3, 0.4) is 0 Å². The molecule has 102 valence electrons. The molecule has 0 atom stereocenters. The van der Waals surface area contributed by atoms with Gasteiger partial charge in [-0.2, -0.15) is 0 Å². The van der Waals surface area contributed by atoms with E-state index < -0.39 is 8.07 Å². The van der Waals surface area contributed by atoms with Gasteiger partial charge >= 0.3 is 0 Å². The van der Waals surface area contributed by atoms with Crippen molar-refractivity contribution in [2.45, 2.75) is 33.5 Å². The molecule has 1 aromatic carbocycles.